The molecule has 16 heavy (non-hydrogen) atoms. The van der Waals surface area contributed by atoms with Crippen LogP contribution in [0.2, 0.25) is 5.15 Å². The molecular formula is C9H8ClN5O. The van der Waals surface area contributed by atoms with Gasteiger partial charge >= 0.3 is 0 Å². The summed E-state index contributed by atoms with van der Waals surface area (Å²) in [7, 11) is 0. The van der Waals surface area contributed by atoms with Crippen molar-refractivity contribution in [2.45, 2.75) is 6.92 Å². The monoisotopic (exact) mass is 237 g/mol. The molecule has 0 atom stereocenters. The highest BCUT2D eigenvalue weighted by Crippen LogP contribution is 2.08. The van der Waals surface area contributed by atoms with Crippen LogP contribution in [-0.4, -0.2) is 26.1 Å². The molecule has 0 aliphatic rings. The first kappa shape index (κ1) is 10.6. The zero-order valence-electron chi connectivity index (χ0n) is 8.36. The van der Waals surface area contributed by atoms with E-state index in [0.29, 0.717) is 17.1 Å². The van der Waals surface area contributed by atoms with Gasteiger partial charge in [-0.05, 0) is 6.92 Å². The molecule has 0 radical (unpaired) electrons. The van der Waals surface area contributed by atoms with Crippen LogP contribution >= 0.6 is 11.6 Å². The molecule has 2 N–H and O–H groups in total. The molecule has 2 aromatic heterocycles. The second-order valence-corrected chi connectivity index (χ2v) is 3.47. The lowest BCUT2D eigenvalue weighted by Crippen LogP contribution is -2.13. The molecule has 0 saturated carbocycles. The number of carbonyl (C=O) groups is 1. The van der Waals surface area contributed by atoms with Crippen LogP contribution in [0.5, 0.6) is 0 Å². The third-order valence-electron chi connectivity index (χ3n) is 1.94. The fourth-order valence-electron chi connectivity index (χ4n) is 1.14. The average Bonchev–Trinajstić information content (AvgIpc) is 2.68. The van der Waals surface area contributed by atoms with Crippen molar-refractivity contribution in [3.63, 3.8) is 0 Å². The second kappa shape index (κ2) is 4.28. The van der Waals surface area contributed by atoms with Gasteiger partial charge in [0.2, 0.25) is 0 Å². The van der Waals surface area contributed by atoms with E-state index < -0.39 is 0 Å². The Bertz CT molecular complexity index is 507. The number of nitrogens with one attached hydrogen (secondary N) is 2. The number of hydrogen-bond donors (Lipinski definition) is 2. The first-order chi connectivity index (χ1) is 7.66. The van der Waals surface area contributed by atoms with Crippen LogP contribution in [0.1, 0.15) is 16.1 Å². The molecule has 0 saturated heterocycles. The Morgan fingerprint density at radius 3 is 2.75 bits per heavy atom. The number of halogens is 1. The van der Waals surface area contributed by atoms with Gasteiger partial charge in [-0.25, -0.2) is 9.97 Å². The number of anilines is 1. The molecule has 2 rings (SSSR count). The Morgan fingerprint density at radius 1 is 1.38 bits per heavy atom. The number of rotatable bonds is 2. The summed E-state index contributed by atoms with van der Waals surface area (Å²) < 4.78 is 0. The highest BCUT2D eigenvalue weighted by Gasteiger charge is 2.11. The first-order valence-corrected chi connectivity index (χ1v) is 4.83. The van der Waals surface area contributed by atoms with Gasteiger partial charge in [0.25, 0.3) is 5.91 Å². The third-order valence-corrected chi connectivity index (χ3v) is 2.13. The van der Waals surface area contributed by atoms with Gasteiger partial charge in [0.1, 0.15) is 5.15 Å². The number of amides is 1. The van der Waals surface area contributed by atoms with E-state index in [1.165, 1.54) is 18.6 Å². The zero-order chi connectivity index (χ0) is 11.5. The van der Waals surface area contributed by atoms with E-state index in [1.54, 1.807) is 6.92 Å². The first-order valence-electron chi connectivity index (χ1n) is 4.45. The summed E-state index contributed by atoms with van der Waals surface area (Å²) in [6.07, 6.45) is 4.20. The molecule has 0 unspecified atom stereocenters. The van der Waals surface area contributed by atoms with E-state index in [1.807, 2.05) is 0 Å². The molecule has 0 bridgehead atoms. The number of aromatic amines is 1. The van der Waals surface area contributed by atoms with Gasteiger partial charge in [0, 0.05) is 5.69 Å². The summed E-state index contributed by atoms with van der Waals surface area (Å²) in [4.78, 5) is 19.4. The molecule has 1 amide bonds. The van der Waals surface area contributed by atoms with E-state index in [4.69, 9.17) is 11.6 Å². The van der Waals surface area contributed by atoms with Gasteiger partial charge < -0.3 is 5.32 Å². The zero-order valence-corrected chi connectivity index (χ0v) is 9.12. The highest BCUT2D eigenvalue weighted by atomic mass is 35.5. The largest absolute Gasteiger partial charge is 0.305 e. The van der Waals surface area contributed by atoms with Crippen LogP contribution in [0.25, 0.3) is 0 Å². The minimum absolute atomic E-state index is 0.275. The topological polar surface area (TPSA) is 83.6 Å². The average molecular weight is 238 g/mol. The number of hydrogen-bond acceptors (Lipinski definition) is 4. The third kappa shape index (κ3) is 2.17. The standard InChI is InChI=1S/C9H8ClN5O/c1-5-6(2-13-15-5)9(16)14-8-4-11-7(10)3-12-8/h2-4H,1H3,(H,13,15)(H,12,14,16). The van der Waals surface area contributed by atoms with Crippen molar-refractivity contribution >= 4 is 23.3 Å². The fourth-order valence-corrected chi connectivity index (χ4v) is 1.24. The van der Waals surface area contributed by atoms with Gasteiger partial charge in [0.05, 0.1) is 24.2 Å². The normalized spacial score (nSPS) is 10.1. The lowest BCUT2D eigenvalue weighted by atomic mass is 10.2. The molecule has 0 aliphatic heterocycles. The van der Waals surface area contributed by atoms with Crippen molar-refractivity contribution in [3.05, 3.63) is 35.0 Å². The summed E-state index contributed by atoms with van der Waals surface area (Å²) >= 11 is 5.57. The summed E-state index contributed by atoms with van der Waals surface area (Å²) in [5.74, 6) is 0.0536. The van der Waals surface area contributed by atoms with Crippen molar-refractivity contribution in [2.75, 3.05) is 5.32 Å². The van der Waals surface area contributed by atoms with Gasteiger partial charge in [-0.15, -0.1) is 0 Å². The molecule has 2 heterocycles. The number of carbonyl (C=O) groups excluding carboxylic acids is 1. The van der Waals surface area contributed by atoms with E-state index in [0.717, 1.165) is 0 Å². The van der Waals surface area contributed by atoms with E-state index in [-0.39, 0.29) is 11.1 Å². The Morgan fingerprint density at radius 2 is 2.19 bits per heavy atom. The van der Waals surface area contributed by atoms with E-state index >= 15 is 0 Å². The number of nitrogens with zero attached hydrogens (tertiary/aromatic N) is 3. The second-order valence-electron chi connectivity index (χ2n) is 3.09. The smallest absolute Gasteiger partial charge is 0.260 e. The summed E-state index contributed by atoms with van der Waals surface area (Å²) in [6, 6.07) is 0. The quantitative estimate of drug-likeness (QED) is 0.827. The van der Waals surface area contributed by atoms with Crippen molar-refractivity contribution in [1.82, 2.24) is 20.2 Å². The van der Waals surface area contributed by atoms with Crippen LogP contribution in [0.4, 0.5) is 5.82 Å². The van der Waals surface area contributed by atoms with Crippen LogP contribution in [0.15, 0.2) is 18.6 Å². The number of aryl methyl sites for hydroxylation is 1. The Balaban J connectivity index is 2.14. The molecule has 0 spiro atoms. The van der Waals surface area contributed by atoms with E-state index in [9.17, 15) is 4.79 Å². The van der Waals surface area contributed by atoms with Gasteiger partial charge in [-0.2, -0.15) is 5.10 Å². The van der Waals surface area contributed by atoms with E-state index in [2.05, 4.69) is 25.5 Å². The SMILES string of the molecule is Cc1[nH]ncc1C(=O)Nc1cnc(Cl)cn1. The van der Waals surface area contributed by atoms with Crippen molar-refractivity contribution in [2.24, 2.45) is 0 Å². The maximum atomic E-state index is 11.7. The van der Waals surface area contributed by atoms with Crippen LogP contribution < -0.4 is 5.32 Å². The van der Waals surface area contributed by atoms with Crippen LogP contribution in [-0.2, 0) is 0 Å². The molecular weight excluding hydrogens is 230 g/mol. The number of H-pyrrole nitrogens is 1. The van der Waals surface area contributed by atoms with Gasteiger partial charge in [0.15, 0.2) is 5.82 Å². The maximum absolute atomic E-state index is 11.7. The predicted octanol–water partition coefficient (Wildman–Crippen LogP) is 1.41. The summed E-state index contributed by atoms with van der Waals surface area (Å²) in [5.41, 5.74) is 1.16. The lowest BCUT2D eigenvalue weighted by Gasteiger charge is -2.02. The Hall–Kier alpha value is -1.95. The maximum Gasteiger partial charge on any atom is 0.260 e. The minimum atomic E-state index is -0.289. The van der Waals surface area contributed by atoms with Gasteiger partial charge in [-0.1, -0.05) is 11.6 Å². The van der Waals surface area contributed by atoms with Crippen molar-refractivity contribution in [3.8, 4) is 0 Å². The molecule has 7 heteroatoms. The lowest BCUT2D eigenvalue weighted by molar-refractivity contribution is 0.102. The molecule has 0 aromatic carbocycles. The minimum Gasteiger partial charge on any atom is -0.305 e. The molecule has 82 valence electrons. The van der Waals surface area contributed by atoms with Crippen molar-refractivity contribution < 1.29 is 4.79 Å². The molecule has 6 nitrogen and oxygen atoms in total. The van der Waals surface area contributed by atoms with Crippen LogP contribution in [0, 0.1) is 6.92 Å². The molecule has 2 aromatic rings. The summed E-state index contributed by atoms with van der Waals surface area (Å²) in [5, 5.41) is 9.29. The Kier molecular flexibility index (Phi) is 2.82. The van der Waals surface area contributed by atoms with Gasteiger partial charge in [-0.3, -0.25) is 9.89 Å². The van der Waals surface area contributed by atoms with Crippen LogP contribution in [0.3, 0.4) is 0 Å². The highest BCUT2D eigenvalue weighted by molar-refractivity contribution is 6.29. The summed E-state index contributed by atoms with van der Waals surface area (Å²) in [6.45, 7) is 1.76. The number of aromatic nitrogens is 4. The van der Waals surface area contributed by atoms with Crippen molar-refractivity contribution in [1.29, 1.82) is 0 Å². The fraction of sp³-hybridized carbons (Fsp3) is 0.111. The molecule has 0 aliphatic carbocycles. The molecule has 0 fully saturated rings. The predicted molar refractivity (Wildman–Crippen MR) is 58.3 cm³/mol. The Labute approximate surface area is 96.1 Å².